The van der Waals surface area contributed by atoms with Gasteiger partial charge in [0.15, 0.2) is 0 Å². The molecular formula is C16H23NO3. The second-order valence-electron chi connectivity index (χ2n) is 5.28. The lowest BCUT2D eigenvalue weighted by atomic mass is 10.0. The maximum atomic E-state index is 11.8. The number of hydrogen-bond donors (Lipinski definition) is 2. The maximum absolute atomic E-state index is 11.8. The quantitative estimate of drug-likeness (QED) is 0.837. The molecule has 1 amide bonds. The molecule has 1 heterocycles. The molecule has 1 fully saturated rings. The lowest BCUT2D eigenvalue weighted by molar-refractivity contribution is -0.122. The first-order valence-electron chi connectivity index (χ1n) is 7.35. The summed E-state index contributed by atoms with van der Waals surface area (Å²) in [6, 6.07) is 7.60. The monoisotopic (exact) mass is 277 g/mol. The van der Waals surface area contributed by atoms with Crippen LogP contribution in [0.25, 0.3) is 0 Å². The van der Waals surface area contributed by atoms with Crippen LogP contribution >= 0.6 is 0 Å². The predicted molar refractivity (Wildman–Crippen MR) is 77.0 cm³/mol. The fraction of sp³-hybridized carbons (Fsp3) is 0.562. The lowest BCUT2D eigenvalue weighted by Gasteiger charge is -2.22. The minimum atomic E-state index is 0.0496. The zero-order valence-electron chi connectivity index (χ0n) is 11.8. The highest BCUT2D eigenvalue weighted by Crippen LogP contribution is 2.16. The van der Waals surface area contributed by atoms with Gasteiger partial charge >= 0.3 is 0 Å². The standard InChI is InChI=1S/C16H23NO3/c18-12-14-6-4-13(5-7-14)11-17-16(19)9-8-15-3-1-2-10-20-15/h4-7,15,18H,1-3,8-12H2,(H,17,19). The number of hydrogen-bond acceptors (Lipinski definition) is 3. The van der Waals surface area contributed by atoms with E-state index in [-0.39, 0.29) is 18.6 Å². The molecule has 1 unspecified atom stereocenters. The second-order valence-corrected chi connectivity index (χ2v) is 5.28. The highest BCUT2D eigenvalue weighted by molar-refractivity contribution is 5.75. The molecule has 0 saturated carbocycles. The molecule has 1 atom stereocenters. The number of ether oxygens (including phenoxy) is 1. The van der Waals surface area contributed by atoms with Crippen LogP contribution in [0.4, 0.5) is 0 Å². The van der Waals surface area contributed by atoms with Gasteiger partial charge in [-0.1, -0.05) is 24.3 Å². The smallest absolute Gasteiger partial charge is 0.220 e. The van der Waals surface area contributed by atoms with Gasteiger partial charge in [0.2, 0.25) is 5.91 Å². The number of aliphatic hydroxyl groups is 1. The highest BCUT2D eigenvalue weighted by atomic mass is 16.5. The van der Waals surface area contributed by atoms with Crippen LogP contribution in [0.3, 0.4) is 0 Å². The van der Waals surface area contributed by atoms with Crippen molar-refractivity contribution in [2.75, 3.05) is 6.61 Å². The summed E-state index contributed by atoms with van der Waals surface area (Å²) in [5.74, 6) is 0.0745. The number of benzene rings is 1. The Labute approximate surface area is 120 Å². The number of carbonyl (C=O) groups is 1. The van der Waals surface area contributed by atoms with Crippen molar-refractivity contribution in [2.24, 2.45) is 0 Å². The summed E-state index contributed by atoms with van der Waals surface area (Å²) in [5.41, 5.74) is 1.93. The molecule has 1 aliphatic heterocycles. The molecule has 0 spiro atoms. The van der Waals surface area contributed by atoms with Crippen molar-refractivity contribution in [3.8, 4) is 0 Å². The van der Waals surface area contributed by atoms with Crippen molar-refractivity contribution in [3.63, 3.8) is 0 Å². The van der Waals surface area contributed by atoms with Crippen LogP contribution in [0, 0.1) is 0 Å². The summed E-state index contributed by atoms with van der Waals surface area (Å²) in [6.07, 6.45) is 5.04. The first kappa shape index (κ1) is 15.0. The van der Waals surface area contributed by atoms with Crippen LogP contribution < -0.4 is 5.32 Å². The van der Waals surface area contributed by atoms with Crippen molar-refractivity contribution in [1.82, 2.24) is 5.32 Å². The minimum absolute atomic E-state index is 0.0496. The third-order valence-electron chi connectivity index (χ3n) is 3.66. The largest absolute Gasteiger partial charge is 0.392 e. The average molecular weight is 277 g/mol. The zero-order valence-corrected chi connectivity index (χ0v) is 11.8. The second kappa shape index (κ2) is 8.02. The van der Waals surface area contributed by atoms with Crippen LogP contribution in [0.5, 0.6) is 0 Å². The molecule has 1 saturated heterocycles. The van der Waals surface area contributed by atoms with E-state index in [0.717, 1.165) is 37.0 Å². The van der Waals surface area contributed by atoms with E-state index in [2.05, 4.69) is 5.32 Å². The van der Waals surface area contributed by atoms with Gasteiger partial charge in [0.05, 0.1) is 12.7 Å². The normalized spacial score (nSPS) is 18.8. The first-order valence-corrected chi connectivity index (χ1v) is 7.35. The van der Waals surface area contributed by atoms with E-state index < -0.39 is 0 Å². The molecule has 1 aromatic rings. The number of carbonyl (C=O) groups excluding carboxylic acids is 1. The summed E-state index contributed by atoms with van der Waals surface area (Å²) in [6.45, 7) is 1.42. The summed E-state index contributed by atoms with van der Waals surface area (Å²) in [5, 5.41) is 11.9. The summed E-state index contributed by atoms with van der Waals surface area (Å²) in [4.78, 5) is 11.8. The molecule has 1 aromatic carbocycles. The molecule has 2 rings (SSSR count). The number of amides is 1. The van der Waals surface area contributed by atoms with Gasteiger partial charge in [-0.25, -0.2) is 0 Å². The molecule has 0 aliphatic carbocycles. The fourth-order valence-corrected chi connectivity index (χ4v) is 2.38. The zero-order chi connectivity index (χ0) is 14.2. The fourth-order valence-electron chi connectivity index (χ4n) is 2.38. The van der Waals surface area contributed by atoms with Gasteiger partial charge in [0, 0.05) is 19.6 Å². The molecule has 4 nitrogen and oxygen atoms in total. The Hall–Kier alpha value is -1.39. The van der Waals surface area contributed by atoms with E-state index >= 15 is 0 Å². The van der Waals surface area contributed by atoms with Crippen molar-refractivity contribution in [3.05, 3.63) is 35.4 Å². The molecule has 1 aliphatic rings. The van der Waals surface area contributed by atoms with Crippen molar-refractivity contribution < 1.29 is 14.6 Å². The average Bonchev–Trinajstić information content (AvgIpc) is 2.52. The Bertz CT molecular complexity index is 410. The summed E-state index contributed by atoms with van der Waals surface area (Å²) >= 11 is 0. The van der Waals surface area contributed by atoms with Gasteiger partial charge < -0.3 is 15.2 Å². The van der Waals surface area contributed by atoms with Crippen LogP contribution in [0.1, 0.15) is 43.2 Å². The Morgan fingerprint density at radius 1 is 1.25 bits per heavy atom. The van der Waals surface area contributed by atoms with Crippen molar-refractivity contribution >= 4 is 5.91 Å². The van der Waals surface area contributed by atoms with Gasteiger partial charge in [0.1, 0.15) is 0 Å². The molecular weight excluding hydrogens is 254 g/mol. The van der Waals surface area contributed by atoms with E-state index in [1.807, 2.05) is 24.3 Å². The molecule has 2 N–H and O–H groups in total. The van der Waals surface area contributed by atoms with E-state index in [1.54, 1.807) is 0 Å². The lowest BCUT2D eigenvalue weighted by Crippen LogP contribution is -2.26. The van der Waals surface area contributed by atoms with Crippen LogP contribution in [-0.2, 0) is 22.7 Å². The van der Waals surface area contributed by atoms with Gasteiger partial charge in [0.25, 0.3) is 0 Å². The van der Waals surface area contributed by atoms with Gasteiger partial charge in [-0.3, -0.25) is 4.79 Å². The van der Waals surface area contributed by atoms with Gasteiger partial charge in [-0.2, -0.15) is 0 Å². The number of nitrogens with one attached hydrogen (secondary N) is 1. The van der Waals surface area contributed by atoms with E-state index in [0.29, 0.717) is 13.0 Å². The van der Waals surface area contributed by atoms with Gasteiger partial charge in [-0.05, 0) is 36.8 Å². The highest BCUT2D eigenvalue weighted by Gasteiger charge is 2.15. The molecule has 0 aromatic heterocycles. The minimum Gasteiger partial charge on any atom is -0.392 e. The Morgan fingerprint density at radius 3 is 2.65 bits per heavy atom. The van der Waals surface area contributed by atoms with Crippen molar-refractivity contribution in [2.45, 2.75) is 51.4 Å². The van der Waals surface area contributed by atoms with Crippen LogP contribution in [0.15, 0.2) is 24.3 Å². The predicted octanol–water partition coefficient (Wildman–Crippen LogP) is 2.14. The Balaban J connectivity index is 1.66. The van der Waals surface area contributed by atoms with E-state index in [9.17, 15) is 4.79 Å². The number of aliphatic hydroxyl groups excluding tert-OH is 1. The Morgan fingerprint density at radius 2 is 2.00 bits per heavy atom. The summed E-state index contributed by atoms with van der Waals surface area (Å²) in [7, 11) is 0. The molecule has 0 radical (unpaired) electrons. The van der Waals surface area contributed by atoms with Crippen LogP contribution in [0.2, 0.25) is 0 Å². The third kappa shape index (κ3) is 4.94. The maximum Gasteiger partial charge on any atom is 0.220 e. The van der Waals surface area contributed by atoms with Crippen LogP contribution in [-0.4, -0.2) is 23.7 Å². The SMILES string of the molecule is O=C(CCC1CCCCO1)NCc1ccc(CO)cc1. The van der Waals surface area contributed by atoms with Crippen molar-refractivity contribution in [1.29, 1.82) is 0 Å². The number of rotatable bonds is 6. The third-order valence-corrected chi connectivity index (χ3v) is 3.66. The van der Waals surface area contributed by atoms with E-state index in [1.165, 1.54) is 6.42 Å². The molecule has 4 heteroatoms. The summed E-state index contributed by atoms with van der Waals surface area (Å²) < 4.78 is 5.61. The Kier molecular flexibility index (Phi) is 6.02. The molecule has 20 heavy (non-hydrogen) atoms. The molecule has 110 valence electrons. The first-order chi connectivity index (χ1) is 9.78. The topological polar surface area (TPSA) is 58.6 Å². The van der Waals surface area contributed by atoms with E-state index in [4.69, 9.17) is 9.84 Å². The van der Waals surface area contributed by atoms with Gasteiger partial charge in [-0.15, -0.1) is 0 Å². The molecule has 0 bridgehead atoms.